The third-order valence-corrected chi connectivity index (χ3v) is 6.01. The molecule has 0 unspecified atom stereocenters. The van der Waals surface area contributed by atoms with E-state index < -0.39 is 0 Å². The van der Waals surface area contributed by atoms with Crippen molar-refractivity contribution < 1.29 is 9.90 Å². The average molecular weight is 360 g/mol. The summed E-state index contributed by atoms with van der Waals surface area (Å²) in [5.41, 5.74) is 2.01. The summed E-state index contributed by atoms with van der Waals surface area (Å²) < 4.78 is 0. The van der Waals surface area contributed by atoms with Crippen LogP contribution in [0.3, 0.4) is 0 Å². The number of amides is 1. The first-order valence-corrected chi connectivity index (χ1v) is 9.89. The maximum absolute atomic E-state index is 12.9. The molecule has 0 saturated carbocycles. The molecule has 1 aromatic carbocycles. The van der Waals surface area contributed by atoms with E-state index in [9.17, 15) is 9.90 Å². The number of hydrogen-bond acceptors (Lipinski definition) is 4. The Morgan fingerprint density at radius 1 is 1.08 bits per heavy atom. The molecule has 0 spiro atoms. The molecule has 2 aliphatic rings. The highest BCUT2D eigenvalue weighted by Crippen LogP contribution is 2.26. The van der Waals surface area contributed by atoms with Crippen molar-refractivity contribution in [3.8, 4) is 0 Å². The number of rotatable bonds is 5. The van der Waals surface area contributed by atoms with E-state index in [1.165, 1.54) is 5.56 Å². The zero-order valence-electron chi connectivity index (χ0n) is 16.4. The van der Waals surface area contributed by atoms with Crippen LogP contribution in [0.5, 0.6) is 0 Å². The van der Waals surface area contributed by atoms with Crippen LogP contribution in [0.4, 0.5) is 0 Å². The lowest BCUT2D eigenvalue weighted by Gasteiger charge is -2.34. The molecule has 1 N–H and O–H groups in total. The first kappa shape index (κ1) is 19.3. The van der Waals surface area contributed by atoms with Crippen molar-refractivity contribution in [2.75, 3.05) is 59.5 Å². The SMILES string of the molecule is CC(C)c1ccc(C(=O)N2C[C@@H](CN3CCN(C)CC3)[C@@H](CO)C2)cc1. The van der Waals surface area contributed by atoms with Gasteiger partial charge in [-0.2, -0.15) is 0 Å². The van der Waals surface area contributed by atoms with Crippen molar-refractivity contribution in [2.45, 2.75) is 19.8 Å². The van der Waals surface area contributed by atoms with Gasteiger partial charge in [0.25, 0.3) is 5.91 Å². The summed E-state index contributed by atoms with van der Waals surface area (Å²) in [6.07, 6.45) is 0. The molecule has 1 amide bonds. The van der Waals surface area contributed by atoms with Crippen LogP contribution in [-0.2, 0) is 0 Å². The van der Waals surface area contributed by atoms with Crippen molar-refractivity contribution in [3.63, 3.8) is 0 Å². The number of aliphatic hydroxyl groups excluding tert-OH is 1. The standard InChI is InChI=1S/C21H33N3O2/c1-16(2)17-4-6-18(7-5-17)21(26)24-13-19(20(14-24)15-25)12-23-10-8-22(3)9-11-23/h4-7,16,19-20,25H,8-15H2,1-3H3/t19-,20-/m1/s1. The predicted octanol–water partition coefficient (Wildman–Crippen LogP) is 1.74. The number of hydrogen-bond donors (Lipinski definition) is 1. The number of likely N-dealkylation sites (N-methyl/N-ethyl adjacent to an activating group) is 1. The number of likely N-dealkylation sites (tertiary alicyclic amines) is 1. The van der Waals surface area contributed by atoms with Crippen LogP contribution in [-0.4, -0.2) is 85.2 Å². The van der Waals surface area contributed by atoms with Gasteiger partial charge in [0.05, 0.1) is 0 Å². The minimum atomic E-state index is 0.0969. The van der Waals surface area contributed by atoms with Crippen molar-refractivity contribution in [2.24, 2.45) is 11.8 Å². The molecule has 0 aromatic heterocycles. The lowest BCUT2D eigenvalue weighted by Crippen LogP contribution is -2.47. The lowest BCUT2D eigenvalue weighted by molar-refractivity contribution is 0.0777. The Balaban J connectivity index is 1.61. The number of carbonyl (C=O) groups is 1. The van der Waals surface area contributed by atoms with Gasteiger partial charge in [0.15, 0.2) is 0 Å². The summed E-state index contributed by atoms with van der Waals surface area (Å²) in [5, 5.41) is 9.81. The maximum Gasteiger partial charge on any atom is 0.253 e. The molecule has 2 heterocycles. The fraction of sp³-hybridized carbons (Fsp3) is 0.667. The molecule has 0 radical (unpaired) electrons. The predicted molar refractivity (Wildman–Crippen MR) is 104 cm³/mol. The molecule has 2 saturated heterocycles. The van der Waals surface area contributed by atoms with Gasteiger partial charge < -0.3 is 19.8 Å². The number of carbonyl (C=O) groups excluding carboxylic acids is 1. The van der Waals surface area contributed by atoms with E-state index >= 15 is 0 Å². The minimum absolute atomic E-state index is 0.0969. The first-order chi connectivity index (χ1) is 12.5. The van der Waals surface area contributed by atoms with E-state index in [0.717, 1.165) is 44.8 Å². The Kier molecular flexibility index (Phi) is 6.33. The normalized spacial score (nSPS) is 25.2. The summed E-state index contributed by atoms with van der Waals surface area (Å²) in [5.74, 6) is 1.12. The van der Waals surface area contributed by atoms with Crippen molar-refractivity contribution in [1.29, 1.82) is 0 Å². The van der Waals surface area contributed by atoms with Crippen LogP contribution in [0.25, 0.3) is 0 Å². The van der Waals surface area contributed by atoms with E-state index in [1.54, 1.807) is 0 Å². The van der Waals surface area contributed by atoms with E-state index in [-0.39, 0.29) is 18.4 Å². The summed E-state index contributed by atoms with van der Waals surface area (Å²) in [7, 11) is 2.16. The molecular weight excluding hydrogens is 326 g/mol. The molecule has 0 bridgehead atoms. The molecule has 0 aliphatic carbocycles. The highest BCUT2D eigenvalue weighted by molar-refractivity contribution is 5.94. The van der Waals surface area contributed by atoms with Crippen LogP contribution in [0.2, 0.25) is 0 Å². The van der Waals surface area contributed by atoms with Gasteiger partial charge in [-0.3, -0.25) is 4.79 Å². The number of aliphatic hydroxyl groups is 1. The topological polar surface area (TPSA) is 47.0 Å². The van der Waals surface area contributed by atoms with Crippen molar-refractivity contribution in [3.05, 3.63) is 35.4 Å². The summed E-state index contributed by atoms with van der Waals surface area (Å²) in [6.45, 7) is 11.2. The molecule has 26 heavy (non-hydrogen) atoms. The second kappa shape index (κ2) is 8.51. The largest absolute Gasteiger partial charge is 0.396 e. The van der Waals surface area contributed by atoms with Crippen LogP contribution in [0, 0.1) is 11.8 Å². The molecule has 2 atom stereocenters. The Morgan fingerprint density at radius 2 is 1.69 bits per heavy atom. The number of nitrogens with zero attached hydrogens (tertiary/aromatic N) is 3. The third-order valence-electron chi connectivity index (χ3n) is 6.01. The van der Waals surface area contributed by atoms with Crippen molar-refractivity contribution >= 4 is 5.91 Å². The van der Waals surface area contributed by atoms with Gasteiger partial charge in [-0.15, -0.1) is 0 Å². The fourth-order valence-corrected chi connectivity index (χ4v) is 4.07. The fourth-order valence-electron chi connectivity index (χ4n) is 4.07. The van der Waals surface area contributed by atoms with Crippen LogP contribution >= 0.6 is 0 Å². The van der Waals surface area contributed by atoms with Crippen LogP contribution < -0.4 is 0 Å². The monoisotopic (exact) mass is 359 g/mol. The van der Waals surface area contributed by atoms with E-state index in [2.05, 4.69) is 42.8 Å². The maximum atomic E-state index is 12.9. The van der Waals surface area contributed by atoms with Gasteiger partial charge in [-0.1, -0.05) is 26.0 Å². The van der Waals surface area contributed by atoms with Gasteiger partial charge in [-0.25, -0.2) is 0 Å². The van der Waals surface area contributed by atoms with Gasteiger partial charge in [0, 0.05) is 63.9 Å². The smallest absolute Gasteiger partial charge is 0.253 e. The molecule has 5 heteroatoms. The van der Waals surface area contributed by atoms with E-state index in [0.29, 0.717) is 18.4 Å². The zero-order chi connectivity index (χ0) is 18.7. The summed E-state index contributed by atoms with van der Waals surface area (Å²) >= 11 is 0. The Hall–Kier alpha value is -1.43. The zero-order valence-corrected chi connectivity index (χ0v) is 16.4. The quantitative estimate of drug-likeness (QED) is 0.870. The van der Waals surface area contributed by atoms with Gasteiger partial charge in [0.2, 0.25) is 0 Å². The van der Waals surface area contributed by atoms with E-state index in [1.807, 2.05) is 17.0 Å². The molecule has 2 aliphatic heterocycles. The Morgan fingerprint density at radius 3 is 2.27 bits per heavy atom. The lowest BCUT2D eigenvalue weighted by atomic mass is 9.96. The molecule has 3 rings (SSSR count). The van der Waals surface area contributed by atoms with E-state index in [4.69, 9.17) is 0 Å². The highest BCUT2D eigenvalue weighted by atomic mass is 16.3. The number of piperazine rings is 1. The average Bonchev–Trinajstić information content (AvgIpc) is 3.06. The van der Waals surface area contributed by atoms with Gasteiger partial charge >= 0.3 is 0 Å². The third kappa shape index (κ3) is 4.45. The van der Waals surface area contributed by atoms with Crippen LogP contribution in [0.1, 0.15) is 35.7 Å². The van der Waals surface area contributed by atoms with Crippen LogP contribution in [0.15, 0.2) is 24.3 Å². The Labute approximate surface area is 157 Å². The summed E-state index contributed by atoms with van der Waals surface area (Å²) in [6, 6.07) is 8.00. The summed E-state index contributed by atoms with van der Waals surface area (Å²) in [4.78, 5) is 19.7. The first-order valence-electron chi connectivity index (χ1n) is 9.89. The highest BCUT2D eigenvalue weighted by Gasteiger charge is 2.36. The molecular formula is C21H33N3O2. The molecule has 1 aromatic rings. The second-order valence-corrected chi connectivity index (χ2v) is 8.29. The minimum Gasteiger partial charge on any atom is -0.396 e. The van der Waals surface area contributed by atoms with Gasteiger partial charge in [0.1, 0.15) is 0 Å². The molecule has 2 fully saturated rings. The Bertz CT molecular complexity index is 594. The van der Waals surface area contributed by atoms with Crippen molar-refractivity contribution in [1.82, 2.24) is 14.7 Å². The molecule has 5 nitrogen and oxygen atoms in total. The molecule has 144 valence electrons. The number of benzene rings is 1. The second-order valence-electron chi connectivity index (χ2n) is 8.29. The van der Waals surface area contributed by atoms with Gasteiger partial charge in [-0.05, 0) is 36.6 Å².